The van der Waals surface area contributed by atoms with Gasteiger partial charge in [-0.15, -0.1) is 0 Å². The van der Waals surface area contributed by atoms with Crippen molar-refractivity contribution in [3.8, 4) is 11.5 Å². The van der Waals surface area contributed by atoms with Crippen LogP contribution in [0, 0.1) is 0 Å². The van der Waals surface area contributed by atoms with E-state index in [9.17, 15) is 9.90 Å². The van der Waals surface area contributed by atoms with Crippen molar-refractivity contribution in [1.82, 2.24) is 15.5 Å². The minimum absolute atomic E-state index is 0.110. The first-order chi connectivity index (χ1) is 16.0. The van der Waals surface area contributed by atoms with Gasteiger partial charge < -0.3 is 30.1 Å². The van der Waals surface area contributed by atoms with Gasteiger partial charge in [0, 0.05) is 30.6 Å². The van der Waals surface area contributed by atoms with E-state index in [4.69, 9.17) is 21.7 Å². The Kier molecular flexibility index (Phi) is 6.93. The molecule has 2 aliphatic rings. The monoisotopic (exact) mass is 469 g/mol. The molecular weight excluding hydrogens is 438 g/mol. The second-order valence-electron chi connectivity index (χ2n) is 8.75. The molecular formula is C25H31N3O4S. The summed E-state index contributed by atoms with van der Waals surface area (Å²) in [6.45, 7) is 1.18. The largest absolute Gasteiger partial charge is 0.493 e. The molecule has 7 nitrogen and oxygen atoms in total. The number of nitrogens with zero attached hydrogens (tertiary/aromatic N) is 1. The van der Waals surface area contributed by atoms with Gasteiger partial charge in [0.2, 0.25) is 0 Å². The Labute approximate surface area is 200 Å². The Morgan fingerprint density at radius 3 is 2.61 bits per heavy atom. The van der Waals surface area contributed by atoms with Gasteiger partial charge in [0.25, 0.3) is 0 Å². The third kappa shape index (κ3) is 4.71. The average Bonchev–Trinajstić information content (AvgIpc) is 3.23. The predicted molar refractivity (Wildman–Crippen MR) is 131 cm³/mol. The van der Waals surface area contributed by atoms with Crippen molar-refractivity contribution in [3.05, 3.63) is 59.7 Å². The lowest BCUT2D eigenvalue weighted by molar-refractivity contribution is 0.109. The van der Waals surface area contributed by atoms with E-state index in [1.807, 2.05) is 30.3 Å². The summed E-state index contributed by atoms with van der Waals surface area (Å²) in [6, 6.07) is 16.1. The zero-order valence-corrected chi connectivity index (χ0v) is 19.9. The maximum absolute atomic E-state index is 12.1. The van der Waals surface area contributed by atoms with Crippen molar-refractivity contribution >= 4 is 23.4 Å². The number of fused-ring (bicyclic) bond motifs is 1. The number of thiocarbonyl (C=S) groups is 1. The smallest absolute Gasteiger partial charge is 0.407 e. The number of amides is 1. The van der Waals surface area contributed by atoms with Crippen LogP contribution in [0.15, 0.2) is 48.5 Å². The molecule has 0 aromatic heterocycles. The highest BCUT2D eigenvalue weighted by atomic mass is 32.1. The molecule has 0 spiro atoms. The molecule has 1 amide bonds. The van der Waals surface area contributed by atoms with Gasteiger partial charge in [-0.3, -0.25) is 0 Å². The van der Waals surface area contributed by atoms with E-state index in [0.29, 0.717) is 36.1 Å². The highest BCUT2D eigenvalue weighted by Gasteiger charge is 2.53. The maximum atomic E-state index is 12.1. The molecule has 4 rings (SSSR count). The number of carbonyl (C=O) groups is 1. The highest BCUT2D eigenvalue weighted by molar-refractivity contribution is 7.80. The Morgan fingerprint density at radius 2 is 1.91 bits per heavy atom. The van der Waals surface area contributed by atoms with Crippen molar-refractivity contribution in [1.29, 1.82) is 0 Å². The summed E-state index contributed by atoms with van der Waals surface area (Å²) in [4.78, 5) is 13.7. The summed E-state index contributed by atoms with van der Waals surface area (Å²) in [5.41, 5.74) is 2.03. The number of nitrogens with one attached hydrogen (secondary N) is 2. The van der Waals surface area contributed by atoms with E-state index in [2.05, 4.69) is 28.8 Å². The number of methoxy groups -OCH3 is 2. The van der Waals surface area contributed by atoms with Crippen LogP contribution >= 0.6 is 12.2 Å². The molecule has 2 unspecified atom stereocenters. The third-order valence-electron chi connectivity index (χ3n) is 7.09. The Bertz CT molecular complexity index is 1000. The summed E-state index contributed by atoms with van der Waals surface area (Å²) in [5.74, 6) is 1.34. The van der Waals surface area contributed by atoms with E-state index >= 15 is 0 Å². The summed E-state index contributed by atoms with van der Waals surface area (Å²) < 4.78 is 10.9. The first-order valence-corrected chi connectivity index (χ1v) is 11.7. The number of hydrogen-bond acceptors (Lipinski definition) is 4. The average molecular weight is 470 g/mol. The number of carboxylic acid groups (broad SMARTS) is 1. The van der Waals surface area contributed by atoms with Crippen LogP contribution in [0.5, 0.6) is 11.5 Å². The van der Waals surface area contributed by atoms with Gasteiger partial charge in [-0.1, -0.05) is 36.4 Å². The number of ether oxygens (including phenoxy) is 2. The maximum Gasteiger partial charge on any atom is 0.407 e. The molecule has 0 radical (unpaired) electrons. The molecule has 33 heavy (non-hydrogen) atoms. The summed E-state index contributed by atoms with van der Waals surface area (Å²) >= 11 is 5.53. The zero-order valence-electron chi connectivity index (χ0n) is 19.0. The molecule has 1 saturated carbocycles. The molecule has 3 N–H and O–H groups in total. The van der Waals surface area contributed by atoms with Gasteiger partial charge in [-0.2, -0.15) is 0 Å². The fourth-order valence-electron chi connectivity index (χ4n) is 5.41. The van der Waals surface area contributed by atoms with Crippen molar-refractivity contribution < 1.29 is 19.4 Å². The summed E-state index contributed by atoms with van der Waals surface area (Å²) in [6.07, 6.45) is 2.41. The van der Waals surface area contributed by atoms with Crippen LogP contribution in [-0.2, 0) is 12.0 Å². The van der Waals surface area contributed by atoms with E-state index in [0.717, 1.165) is 30.4 Å². The molecule has 2 aromatic carbocycles. The first-order valence-electron chi connectivity index (χ1n) is 11.3. The molecule has 2 aromatic rings. The molecule has 1 heterocycles. The standard InChI is InChI=1S/C25H31N3O4S/c1-31-20-9-8-18(14-21(20)32-2)25-11-10-19(15-22(25)28(13-12-25)24(29)30)27-23(33)26-16-17-6-4-3-5-7-17/h3-9,14,19,22H,10-13,15-16H2,1-2H3,(H,29,30)(H2,26,27,33)/t19?,22-,25?/m0/s1. The number of rotatable bonds is 6. The van der Waals surface area contributed by atoms with Gasteiger partial charge in [0.15, 0.2) is 16.6 Å². The number of benzene rings is 2. The Morgan fingerprint density at radius 1 is 1.15 bits per heavy atom. The van der Waals surface area contributed by atoms with Gasteiger partial charge in [-0.25, -0.2) is 4.79 Å². The van der Waals surface area contributed by atoms with Gasteiger partial charge >= 0.3 is 6.09 Å². The molecule has 3 atom stereocenters. The first kappa shape index (κ1) is 23.2. The lowest BCUT2D eigenvalue weighted by Crippen LogP contribution is -2.54. The van der Waals surface area contributed by atoms with Crippen LogP contribution in [-0.4, -0.2) is 54.1 Å². The predicted octanol–water partition coefficient (Wildman–Crippen LogP) is 3.91. The van der Waals surface area contributed by atoms with Crippen LogP contribution in [0.2, 0.25) is 0 Å². The van der Waals surface area contributed by atoms with Gasteiger partial charge in [0.1, 0.15) is 0 Å². The molecule has 1 aliphatic carbocycles. The van der Waals surface area contributed by atoms with Crippen LogP contribution in [0.4, 0.5) is 4.79 Å². The molecule has 2 fully saturated rings. The normalized spacial score (nSPS) is 24.0. The third-order valence-corrected chi connectivity index (χ3v) is 7.36. The minimum atomic E-state index is -0.868. The van der Waals surface area contributed by atoms with Crippen molar-refractivity contribution in [3.63, 3.8) is 0 Å². The zero-order chi connectivity index (χ0) is 23.4. The fraction of sp³-hybridized carbons (Fsp3) is 0.440. The minimum Gasteiger partial charge on any atom is -0.493 e. The molecule has 8 heteroatoms. The van der Waals surface area contributed by atoms with E-state index in [-0.39, 0.29) is 17.5 Å². The Balaban J connectivity index is 1.49. The fourth-order valence-corrected chi connectivity index (χ4v) is 5.64. The van der Waals surface area contributed by atoms with E-state index in [1.165, 1.54) is 0 Å². The molecule has 0 bridgehead atoms. The van der Waals surface area contributed by atoms with Crippen LogP contribution in [0.3, 0.4) is 0 Å². The lowest BCUT2D eigenvalue weighted by Gasteiger charge is -2.45. The van der Waals surface area contributed by atoms with E-state index in [1.54, 1.807) is 19.1 Å². The summed E-state index contributed by atoms with van der Waals surface area (Å²) in [5, 5.41) is 17.2. The Hall–Kier alpha value is -3.00. The quantitative estimate of drug-likeness (QED) is 0.553. The van der Waals surface area contributed by atoms with Crippen molar-refractivity contribution in [2.45, 2.75) is 49.7 Å². The second-order valence-corrected chi connectivity index (χ2v) is 9.16. The van der Waals surface area contributed by atoms with Gasteiger partial charge in [-0.05, 0) is 61.2 Å². The number of likely N-dealkylation sites (tertiary alicyclic amines) is 1. The van der Waals surface area contributed by atoms with Crippen LogP contribution < -0.4 is 20.1 Å². The highest BCUT2D eigenvalue weighted by Crippen LogP contribution is 2.50. The van der Waals surface area contributed by atoms with E-state index < -0.39 is 6.09 Å². The van der Waals surface area contributed by atoms with Crippen LogP contribution in [0.25, 0.3) is 0 Å². The summed E-state index contributed by atoms with van der Waals surface area (Å²) in [7, 11) is 3.24. The van der Waals surface area contributed by atoms with Gasteiger partial charge in [0.05, 0.1) is 14.2 Å². The second kappa shape index (κ2) is 9.87. The topological polar surface area (TPSA) is 83.1 Å². The number of hydrogen-bond donors (Lipinski definition) is 3. The SMILES string of the molecule is COc1ccc(C23CCC(NC(=S)NCc4ccccc4)C[C@@H]2N(C(=O)O)CC3)cc1OC. The van der Waals surface area contributed by atoms with Crippen molar-refractivity contribution in [2.24, 2.45) is 0 Å². The molecule has 1 aliphatic heterocycles. The lowest BCUT2D eigenvalue weighted by atomic mass is 9.65. The van der Waals surface area contributed by atoms with Crippen molar-refractivity contribution in [2.75, 3.05) is 20.8 Å². The molecule has 176 valence electrons. The molecule has 1 saturated heterocycles. The van der Waals surface area contributed by atoms with Crippen LogP contribution in [0.1, 0.15) is 36.8 Å².